The van der Waals surface area contributed by atoms with Crippen LogP contribution in [0.4, 0.5) is 10.1 Å². The molecular formula is C27H32FN5O4S. The molecule has 9 nitrogen and oxygen atoms in total. The van der Waals surface area contributed by atoms with Crippen LogP contribution < -0.4 is 21.5 Å². The van der Waals surface area contributed by atoms with Crippen LogP contribution in [0.3, 0.4) is 0 Å². The Kier molecular flexibility index (Phi) is 9.78. The second-order valence-electron chi connectivity index (χ2n) is 9.08. The number of ether oxygens (including phenoxy) is 1. The highest BCUT2D eigenvalue weighted by Gasteiger charge is 2.35. The Hall–Kier alpha value is -3.99. The van der Waals surface area contributed by atoms with E-state index in [-0.39, 0.29) is 22.8 Å². The third kappa shape index (κ3) is 7.06. The standard InChI is InChI=1S/C27H32FN5O4S/c1-4-37-20-11-7-18(8-12-20)23(26(35)31-14-13-16(2)3)33(15-17-5-9-19(28)10-6-17)27(36)24-21(29)22(25(30)34)32-38-24/h5-12,16,23H,4,13-15,29H2,1-3H3,(H2,30,34)(H,31,35)/t23-/m0/s1. The molecule has 1 atom stereocenters. The Morgan fingerprint density at radius 3 is 2.32 bits per heavy atom. The average molecular weight is 542 g/mol. The molecule has 0 aliphatic rings. The van der Waals surface area contributed by atoms with Crippen molar-refractivity contribution >= 4 is 34.9 Å². The lowest BCUT2D eigenvalue weighted by Gasteiger charge is -2.31. The van der Waals surface area contributed by atoms with Crippen LogP contribution in [0.15, 0.2) is 48.5 Å². The van der Waals surface area contributed by atoms with Gasteiger partial charge in [-0.15, -0.1) is 0 Å². The molecule has 5 N–H and O–H groups in total. The quantitative estimate of drug-likeness (QED) is 0.318. The van der Waals surface area contributed by atoms with E-state index in [9.17, 15) is 18.8 Å². The van der Waals surface area contributed by atoms with Crippen molar-refractivity contribution in [3.05, 3.63) is 76.0 Å². The van der Waals surface area contributed by atoms with E-state index in [1.165, 1.54) is 29.2 Å². The van der Waals surface area contributed by atoms with Gasteiger partial charge in [0.1, 0.15) is 22.5 Å². The minimum absolute atomic E-state index is 0.0215. The normalized spacial score (nSPS) is 11.7. The summed E-state index contributed by atoms with van der Waals surface area (Å²) in [5.41, 5.74) is 12.2. The van der Waals surface area contributed by atoms with Crippen molar-refractivity contribution in [2.24, 2.45) is 11.7 Å². The van der Waals surface area contributed by atoms with Gasteiger partial charge in [-0.2, -0.15) is 4.37 Å². The molecule has 0 saturated heterocycles. The fraction of sp³-hybridized carbons (Fsp3) is 0.333. The molecule has 3 aromatic rings. The molecule has 0 aliphatic carbocycles. The topological polar surface area (TPSA) is 141 Å². The molecule has 1 aromatic heterocycles. The van der Waals surface area contributed by atoms with Crippen molar-refractivity contribution in [1.82, 2.24) is 14.6 Å². The Bertz CT molecular complexity index is 1260. The number of amides is 3. The van der Waals surface area contributed by atoms with Gasteiger partial charge < -0.3 is 26.4 Å². The second-order valence-corrected chi connectivity index (χ2v) is 9.85. The monoisotopic (exact) mass is 541 g/mol. The van der Waals surface area contributed by atoms with E-state index in [1.54, 1.807) is 24.3 Å². The molecule has 0 fully saturated rings. The zero-order valence-corrected chi connectivity index (χ0v) is 22.4. The van der Waals surface area contributed by atoms with Crippen molar-refractivity contribution in [1.29, 1.82) is 0 Å². The van der Waals surface area contributed by atoms with Gasteiger partial charge in [0.05, 0.1) is 12.3 Å². The van der Waals surface area contributed by atoms with Gasteiger partial charge in [0, 0.05) is 13.1 Å². The number of carbonyl (C=O) groups is 3. The predicted octanol–water partition coefficient (Wildman–Crippen LogP) is 3.91. The third-order valence-electron chi connectivity index (χ3n) is 5.77. The van der Waals surface area contributed by atoms with Gasteiger partial charge in [0.15, 0.2) is 5.69 Å². The van der Waals surface area contributed by atoms with Crippen molar-refractivity contribution in [2.75, 3.05) is 18.9 Å². The van der Waals surface area contributed by atoms with Crippen LogP contribution in [0.5, 0.6) is 5.75 Å². The van der Waals surface area contributed by atoms with E-state index >= 15 is 0 Å². The van der Waals surface area contributed by atoms with Crippen LogP contribution in [0.1, 0.15) is 64.5 Å². The van der Waals surface area contributed by atoms with Gasteiger partial charge >= 0.3 is 0 Å². The summed E-state index contributed by atoms with van der Waals surface area (Å²) in [6, 6.07) is 11.4. The van der Waals surface area contributed by atoms with E-state index in [0.717, 1.165) is 18.0 Å². The predicted molar refractivity (Wildman–Crippen MR) is 144 cm³/mol. The number of nitrogens with one attached hydrogen (secondary N) is 1. The summed E-state index contributed by atoms with van der Waals surface area (Å²) in [4.78, 5) is 40.6. The number of nitrogens with zero attached hydrogens (tertiary/aromatic N) is 2. The lowest BCUT2D eigenvalue weighted by Crippen LogP contribution is -2.43. The average Bonchev–Trinajstić information content (AvgIpc) is 3.27. The van der Waals surface area contributed by atoms with Crippen LogP contribution in [-0.2, 0) is 11.3 Å². The molecule has 2 aromatic carbocycles. The molecule has 0 aliphatic heterocycles. The van der Waals surface area contributed by atoms with Gasteiger partial charge in [-0.3, -0.25) is 14.4 Å². The maximum Gasteiger partial charge on any atom is 0.270 e. The van der Waals surface area contributed by atoms with E-state index in [2.05, 4.69) is 9.69 Å². The fourth-order valence-electron chi connectivity index (χ4n) is 3.79. The molecule has 0 unspecified atom stereocenters. The smallest absolute Gasteiger partial charge is 0.270 e. The first-order valence-electron chi connectivity index (χ1n) is 12.2. The van der Waals surface area contributed by atoms with Crippen molar-refractivity contribution < 1.29 is 23.5 Å². The number of benzene rings is 2. The Morgan fingerprint density at radius 2 is 1.76 bits per heavy atom. The first kappa shape index (κ1) is 28.6. The summed E-state index contributed by atoms with van der Waals surface area (Å²) in [6.07, 6.45) is 0.747. The highest BCUT2D eigenvalue weighted by molar-refractivity contribution is 7.09. The third-order valence-corrected chi connectivity index (χ3v) is 6.62. The molecule has 1 heterocycles. The molecule has 38 heavy (non-hydrogen) atoms. The summed E-state index contributed by atoms with van der Waals surface area (Å²) in [5, 5.41) is 2.93. The molecule has 0 saturated carbocycles. The molecule has 11 heteroatoms. The Morgan fingerprint density at radius 1 is 1.11 bits per heavy atom. The maximum absolute atomic E-state index is 13.9. The van der Waals surface area contributed by atoms with E-state index in [4.69, 9.17) is 16.2 Å². The molecule has 3 rings (SSSR count). The number of rotatable bonds is 12. The van der Waals surface area contributed by atoms with Crippen molar-refractivity contribution in [3.8, 4) is 5.75 Å². The molecule has 0 spiro atoms. The fourth-order valence-corrected chi connectivity index (χ4v) is 4.55. The van der Waals surface area contributed by atoms with Crippen molar-refractivity contribution in [3.63, 3.8) is 0 Å². The number of aromatic nitrogens is 1. The van der Waals surface area contributed by atoms with E-state index in [0.29, 0.717) is 35.9 Å². The number of anilines is 1. The SMILES string of the molecule is CCOc1ccc([C@@H](C(=O)NCCC(C)C)N(Cc2ccc(F)cc2)C(=O)c2snc(C(N)=O)c2N)cc1. The van der Waals surface area contributed by atoms with Crippen LogP contribution >= 0.6 is 11.5 Å². The van der Waals surface area contributed by atoms with E-state index in [1.807, 2.05) is 20.8 Å². The molecular weight excluding hydrogens is 509 g/mol. The summed E-state index contributed by atoms with van der Waals surface area (Å²) in [7, 11) is 0. The highest BCUT2D eigenvalue weighted by Crippen LogP contribution is 2.31. The van der Waals surface area contributed by atoms with Crippen LogP contribution in [0.2, 0.25) is 0 Å². The summed E-state index contributed by atoms with van der Waals surface area (Å²) in [5.74, 6) is -1.33. The van der Waals surface area contributed by atoms with Gasteiger partial charge in [-0.25, -0.2) is 4.39 Å². The van der Waals surface area contributed by atoms with Gasteiger partial charge in [0.2, 0.25) is 5.91 Å². The minimum Gasteiger partial charge on any atom is -0.494 e. The van der Waals surface area contributed by atoms with Crippen molar-refractivity contribution in [2.45, 2.75) is 39.8 Å². The zero-order chi connectivity index (χ0) is 27.8. The minimum atomic E-state index is -1.08. The first-order valence-corrected chi connectivity index (χ1v) is 13.0. The molecule has 202 valence electrons. The van der Waals surface area contributed by atoms with Gasteiger partial charge in [-0.1, -0.05) is 38.1 Å². The first-order chi connectivity index (χ1) is 18.1. The molecule has 0 radical (unpaired) electrons. The summed E-state index contributed by atoms with van der Waals surface area (Å²) in [6.45, 7) is 6.80. The largest absolute Gasteiger partial charge is 0.494 e. The number of nitrogens with two attached hydrogens (primary N) is 2. The van der Waals surface area contributed by atoms with Crippen LogP contribution in [0, 0.1) is 11.7 Å². The number of nitrogen functional groups attached to an aromatic ring is 1. The summed E-state index contributed by atoms with van der Waals surface area (Å²) < 4.78 is 23.1. The number of carbonyl (C=O) groups excluding carboxylic acids is 3. The van der Waals surface area contributed by atoms with E-state index < -0.39 is 29.6 Å². The maximum atomic E-state index is 13.9. The number of halogens is 1. The van der Waals surface area contributed by atoms with Gasteiger partial charge in [-0.05, 0) is 66.2 Å². The second kappa shape index (κ2) is 13.0. The Balaban J connectivity index is 2.09. The lowest BCUT2D eigenvalue weighted by molar-refractivity contribution is -0.126. The number of hydrogen-bond acceptors (Lipinski definition) is 7. The highest BCUT2D eigenvalue weighted by atomic mass is 32.1. The Labute approximate surface area is 225 Å². The zero-order valence-electron chi connectivity index (χ0n) is 21.6. The van der Waals surface area contributed by atoms with Gasteiger partial charge in [0.25, 0.3) is 11.8 Å². The molecule has 0 bridgehead atoms. The lowest BCUT2D eigenvalue weighted by atomic mass is 10.0. The number of primary amides is 1. The van der Waals surface area contributed by atoms with Crippen LogP contribution in [-0.4, -0.2) is 40.1 Å². The summed E-state index contributed by atoms with van der Waals surface area (Å²) >= 11 is 0.730. The van der Waals surface area contributed by atoms with Crippen LogP contribution in [0.25, 0.3) is 0 Å². The molecule has 3 amide bonds. The number of hydrogen-bond donors (Lipinski definition) is 3.